The third kappa shape index (κ3) is 3.59. The number of fused-ring (bicyclic) bond motifs is 2. The van der Waals surface area contributed by atoms with Crippen LogP contribution in [0, 0.1) is 0 Å². The number of carbonyl (C=O) groups is 2. The van der Waals surface area contributed by atoms with Crippen LogP contribution in [0.3, 0.4) is 0 Å². The van der Waals surface area contributed by atoms with Gasteiger partial charge in [-0.2, -0.15) is 0 Å². The number of aliphatic hydroxyl groups is 2. The summed E-state index contributed by atoms with van der Waals surface area (Å²) in [6.07, 6.45) is -1.75. The summed E-state index contributed by atoms with van der Waals surface area (Å²) < 4.78 is 0. The molecule has 7 nitrogen and oxygen atoms in total. The van der Waals surface area contributed by atoms with E-state index < -0.39 is 18.2 Å². The average Bonchev–Trinajstić information content (AvgIpc) is 2.75. The first-order valence-corrected chi connectivity index (χ1v) is 9.23. The minimum absolute atomic E-state index is 0.118. The molecule has 1 amide bonds. The van der Waals surface area contributed by atoms with Crippen molar-refractivity contribution in [1.82, 2.24) is 10.3 Å². The van der Waals surface area contributed by atoms with Crippen LogP contribution in [0.15, 0.2) is 66.7 Å². The molecule has 3 aromatic carbocycles. The highest BCUT2D eigenvalue weighted by atomic mass is 16.5. The van der Waals surface area contributed by atoms with Crippen LogP contribution < -0.4 is 5.32 Å². The third-order valence-corrected chi connectivity index (χ3v) is 4.90. The van der Waals surface area contributed by atoms with Crippen molar-refractivity contribution in [2.45, 2.75) is 12.8 Å². The third-order valence-electron chi connectivity index (χ3n) is 4.90. The molecule has 0 spiro atoms. The zero-order valence-corrected chi connectivity index (χ0v) is 15.7. The molecule has 0 atom stereocenters. The Bertz CT molecular complexity index is 1280. The van der Waals surface area contributed by atoms with Crippen molar-refractivity contribution in [3.63, 3.8) is 0 Å². The van der Waals surface area contributed by atoms with E-state index in [4.69, 9.17) is 0 Å². The molecule has 0 saturated heterocycles. The zero-order chi connectivity index (χ0) is 21.3. The number of hydrogen-bond donors (Lipinski definition) is 4. The Labute approximate surface area is 171 Å². The van der Waals surface area contributed by atoms with Gasteiger partial charge in [-0.15, -0.1) is 0 Å². The van der Waals surface area contributed by atoms with Gasteiger partial charge in [0.2, 0.25) is 0 Å². The molecule has 30 heavy (non-hydrogen) atoms. The summed E-state index contributed by atoms with van der Waals surface area (Å²) >= 11 is 0. The summed E-state index contributed by atoms with van der Waals surface area (Å²) in [6, 6.07) is 18.4. The molecule has 4 N–H and O–H groups in total. The first-order chi connectivity index (χ1) is 14.5. The number of aromatic carboxylic acids is 1. The lowest BCUT2D eigenvalue weighted by atomic mass is 10.0. The fourth-order valence-electron chi connectivity index (χ4n) is 3.49. The molecule has 0 fully saturated rings. The first-order valence-electron chi connectivity index (χ1n) is 9.23. The van der Waals surface area contributed by atoms with E-state index in [1.54, 1.807) is 54.6 Å². The lowest BCUT2D eigenvalue weighted by Crippen LogP contribution is -2.24. The van der Waals surface area contributed by atoms with Gasteiger partial charge in [0, 0.05) is 28.4 Å². The van der Waals surface area contributed by atoms with Gasteiger partial charge in [-0.3, -0.25) is 4.79 Å². The predicted molar refractivity (Wildman–Crippen MR) is 111 cm³/mol. The molecule has 0 aliphatic rings. The molecule has 0 radical (unpaired) electrons. The van der Waals surface area contributed by atoms with Crippen LogP contribution in [0.2, 0.25) is 0 Å². The maximum Gasteiger partial charge on any atom is 0.337 e. The monoisotopic (exact) mass is 402 g/mol. The Morgan fingerprint density at radius 1 is 0.900 bits per heavy atom. The number of carboxylic acids is 1. The second-order valence-electron chi connectivity index (χ2n) is 6.80. The van der Waals surface area contributed by atoms with E-state index >= 15 is 0 Å². The van der Waals surface area contributed by atoms with E-state index in [-0.39, 0.29) is 23.2 Å². The molecule has 150 valence electrons. The van der Waals surface area contributed by atoms with Crippen molar-refractivity contribution in [3.8, 4) is 0 Å². The van der Waals surface area contributed by atoms with Crippen LogP contribution in [0.25, 0.3) is 21.8 Å². The summed E-state index contributed by atoms with van der Waals surface area (Å²) in [5.74, 6) is -1.48. The number of benzene rings is 3. The summed E-state index contributed by atoms with van der Waals surface area (Å²) in [5.41, 5.74) is 2.31. The number of pyridine rings is 1. The number of aliphatic hydroxyl groups excluding tert-OH is 1. The Hall–Kier alpha value is -3.81. The van der Waals surface area contributed by atoms with Crippen molar-refractivity contribution in [1.29, 1.82) is 0 Å². The second kappa shape index (κ2) is 7.90. The van der Waals surface area contributed by atoms with Gasteiger partial charge >= 0.3 is 5.97 Å². The maximum absolute atomic E-state index is 12.5. The Kier molecular flexibility index (Phi) is 5.14. The largest absolute Gasteiger partial charge is 0.478 e. The van der Waals surface area contributed by atoms with Crippen molar-refractivity contribution in [2.24, 2.45) is 0 Å². The van der Waals surface area contributed by atoms with Crippen molar-refractivity contribution in [2.75, 3.05) is 0 Å². The fourth-order valence-corrected chi connectivity index (χ4v) is 3.49. The van der Waals surface area contributed by atoms with Crippen LogP contribution in [-0.4, -0.2) is 32.2 Å². The summed E-state index contributed by atoms with van der Waals surface area (Å²) in [7, 11) is 0. The van der Waals surface area contributed by atoms with Gasteiger partial charge in [0.05, 0.1) is 16.6 Å². The molecular weight excluding hydrogens is 384 g/mol. The van der Waals surface area contributed by atoms with Crippen LogP contribution >= 0.6 is 0 Å². The van der Waals surface area contributed by atoms with Gasteiger partial charge < -0.3 is 20.6 Å². The quantitative estimate of drug-likeness (QED) is 0.301. The normalized spacial score (nSPS) is 11.2. The molecule has 0 saturated carbocycles. The second-order valence-corrected chi connectivity index (χ2v) is 6.80. The van der Waals surface area contributed by atoms with Crippen molar-refractivity contribution >= 4 is 33.7 Å². The SMILES string of the molecule is O=C(NCc1ccc2c(C(=O)O)c3ccccc3nc2c1)c1ccccc1C(O)O. The Morgan fingerprint density at radius 3 is 2.37 bits per heavy atom. The highest BCUT2D eigenvalue weighted by Gasteiger charge is 2.17. The number of nitrogens with one attached hydrogen (secondary N) is 1. The molecule has 4 aromatic rings. The van der Waals surface area contributed by atoms with Crippen LogP contribution in [0.4, 0.5) is 0 Å². The van der Waals surface area contributed by atoms with Gasteiger partial charge in [0.25, 0.3) is 5.91 Å². The van der Waals surface area contributed by atoms with E-state index in [1.165, 1.54) is 12.1 Å². The van der Waals surface area contributed by atoms with E-state index in [1.807, 2.05) is 0 Å². The summed E-state index contributed by atoms with van der Waals surface area (Å²) in [5, 5.41) is 32.4. The highest BCUT2D eigenvalue weighted by Crippen LogP contribution is 2.27. The molecule has 1 heterocycles. The van der Waals surface area contributed by atoms with Gasteiger partial charge in [0.15, 0.2) is 6.29 Å². The van der Waals surface area contributed by atoms with E-state index in [0.717, 1.165) is 5.56 Å². The zero-order valence-electron chi connectivity index (χ0n) is 15.7. The van der Waals surface area contributed by atoms with E-state index in [9.17, 15) is 24.9 Å². The lowest BCUT2D eigenvalue weighted by molar-refractivity contribution is -0.0429. The lowest BCUT2D eigenvalue weighted by Gasteiger charge is -2.12. The number of hydrogen-bond acceptors (Lipinski definition) is 5. The highest BCUT2D eigenvalue weighted by molar-refractivity contribution is 6.13. The topological polar surface area (TPSA) is 120 Å². The molecule has 0 unspecified atom stereocenters. The molecule has 1 aromatic heterocycles. The van der Waals surface area contributed by atoms with E-state index in [2.05, 4.69) is 10.3 Å². The van der Waals surface area contributed by atoms with Gasteiger partial charge in [-0.05, 0) is 23.8 Å². The average molecular weight is 402 g/mol. The number of para-hydroxylation sites is 1. The number of nitrogens with zero attached hydrogens (tertiary/aromatic N) is 1. The summed E-state index contributed by atoms with van der Waals surface area (Å²) in [6.45, 7) is 0.168. The molecule has 4 rings (SSSR count). The smallest absolute Gasteiger partial charge is 0.337 e. The van der Waals surface area contributed by atoms with E-state index in [0.29, 0.717) is 21.8 Å². The van der Waals surface area contributed by atoms with Crippen molar-refractivity contribution < 1.29 is 24.9 Å². The van der Waals surface area contributed by atoms with Gasteiger partial charge in [-0.25, -0.2) is 9.78 Å². The van der Waals surface area contributed by atoms with Gasteiger partial charge in [0.1, 0.15) is 0 Å². The predicted octanol–water partition coefficient (Wildman–Crippen LogP) is 3.00. The standard InChI is InChI=1S/C23H18N2O5/c26-21(14-5-1-2-6-15(14)22(27)28)24-12-13-9-10-17-19(11-13)25-18-8-4-3-7-16(18)20(17)23(29)30/h1-11,22,27-28H,12H2,(H,24,26)(H,29,30). The number of carboxylic acid groups (broad SMARTS) is 1. The number of rotatable bonds is 5. The maximum atomic E-state index is 12.5. The van der Waals surface area contributed by atoms with Crippen LogP contribution in [-0.2, 0) is 6.54 Å². The first kappa shape index (κ1) is 19.5. The molecular formula is C23H18N2O5. The number of carbonyl (C=O) groups excluding carboxylic acids is 1. The molecule has 0 aliphatic heterocycles. The van der Waals surface area contributed by atoms with Crippen LogP contribution in [0.5, 0.6) is 0 Å². The number of amides is 1. The molecule has 0 bridgehead atoms. The fraction of sp³-hybridized carbons (Fsp3) is 0.0870. The Balaban J connectivity index is 1.66. The minimum atomic E-state index is -1.75. The Morgan fingerprint density at radius 2 is 1.60 bits per heavy atom. The summed E-state index contributed by atoms with van der Waals surface area (Å²) in [4.78, 5) is 28.9. The minimum Gasteiger partial charge on any atom is -0.478 e. The number of aromatic nitrogens is 1. The van der Waals surface area contributed by atoms with Crippen molar-refractivity contribution in [3.05, 3.63) is 89.0 Å². The molecule has 7 heteroatoms. The van der Waals surface area contributed by atoms with Gasteiger partial charge in [-0.1, -0.05) is 48.5 Å². The molecule has 0 aliphatic carbocycles. The van der Waals surface area contributed by atoms with Crippen LogP contribution in [0.1, 0.15) is 38.1 Å².